The van der Waals surface area contributed by atoms with Gasteiger partial charge >= 0.3 is 0 Å². The summed E-state index contributed by atoms with van der Waals surface area (Å²) in [7, 11) is 2.19. The van der Waals surface area contributed by atoms with E-state index >= 15 is 0 Å². The number of pyridine rings is 1. The summed E-state index contributed by atoms with van der Waals surface area (Å²) in [4.78, 5) is 11.9. The quantitative estimate of drug-likeness (QED) is 0.714. The van der Waals surface area contributed by atoms with E-state index in [1.54, 1.807) is 11.3 Å². The van der Waals surface area contributed by atoms with E-state index in [1.165, 1.54) is 21.0 Å². The standard InChI is InChI=1S/C20H21N3S/c1-22-11-13-23(14-12-22)17-9-10-21-18(15-17)20-8-7-19(24-20)16-5-3-2-4-6-16/h2-10,15H,11-14H2,1H3. The Bertz CT molecular complexity index is 805. The first-order valence-corrected chi connectivity index (χ1v) is 9.16. The zero-order valence-electron chi connectivity index (χ0n) is 13.9. The van der Waals surface area contributed by atoms with Crippen LogP contribution in [0, 0.1) is 0 Å². The molecule has 0 atom stereocenters. The van der Waals surface area contributed by atoms with Crippen LogP contribution >= 0.6 is 11.3 Å². The summed E-state index contributed by atoms with van der Waals surface area (Å²) < 4.78 is 0. The van der Waals surface area contributed by atoms with Crippen molar-refractivity contribution in [2.75, 3.05) is 38.1 Å². The molecule has 1 aliphatic heterocycles. The second-order valence-electron chi connectivity index (χ2n) is 6.22. The first-order chi connectivity index (χ1) is 11.8. The molecule has 3 nitrogen and oxygen atoms in total. The highest BCUT2D eigenvalue weighted by molar-refractivity contribution is 7.18. The second-order valence-corrected chi connectivity index (χ2v) is 7.30. The largest absolute Gasteiger partial charge is 0.369 e. The van der Waals surface area contributed by atoms with Crippen LogP contribution in [0.25, 0.3) is 21.0 Å². The number of thiophene rings is 1. The summed E-state index contributed by atoms with van der Waals surface area (Å²) >= 11 is 1.81. The predicted octanol–water partition coefficient (Wildman–Crippen LogP) is 4.23. The maximum atomic E-state index is 4.60. The number of anilines is 1. The maximum Gasteiger partial charge on any atom is 0.0822 e. The molecule has 122 valence electrons. The third kappa shape index (κ3) is 3.21. The van der Waals surface area contributed by atoms with Crippen molar-refractivity contribution >= 4 is 17.0 Å². The Kier molecular flexibility index (Phi) is 4.32. The van der Waals surface area contributed by atoms with Gasteiger partial charge in [0.2, 0.25) is 0 Å². The van der Waals surface area contributed by atoms with Crippen molar-refractivity contribution in [3.05, 3.63) is 60.8 Å². The predicted molar refractivity (Wildman–Crippen MR) is 103 cm³/mol. The summed E-state index contributed by atoms with van der Waals surface area (Å²) in [5.41, 5.74) is 3.62. The normalized spacial score (nSPS) is 15.6. The molecule has 1 aliphatic rings. The minimum Gasteiger partial charge on any atom is -0.369 e. The summed E-state index contributed by atoms with van der Waals surface area (Å²) in [6.07, 6.45) is 1.94. The molecule has 0 aliphatic carbocycles. The van der Waals surface area contributed by atoms with Crippen molar-refractivity contribution in [3.8, 4) is 21.0 Å². The number of benzene rings is 1. The Morgan fingerprint density at radius 3 is 2.42 bits per heavy atom. The molecule has 1 fully saturated rings. The lowest BCUT2D eigenvalue weighted by Gasteiger charge is -2.34. The Hall–Kier alpha value is -2.17. The van der Waals surface area contributed by atoms with Crippen molar-refractivity contribution in [3.63, 3.8) is 0 Å². The summed E-state index contributed by atoms with van der Waals surface area (Å²) in [5, 5.41) is 0. The molecule has 0 amide bonds. The van der Waals surface area contributed by atoms with Gasteiger partial charge in [0.15, 0.2) is 0 Å². The number of rotatable bonds is 3. The van der Waals surface area contributed by atoms with Crippen molar-refractivity contribution in [2.24, 2.45) is 0 Å². The van der Waals surface area contributed by atoms with Gasteiger partial charge in [-0.1, -0.05) is 30.3 Å². The van der Waals surface area contributed by atoms with Crippen molar-refractivity contribution < 1.29 is 0 Å². The lowest BCUT2D eigenvalue weighted by atomic mass is 10.2. The molecule has 0 N–H and O–H groups in total. The van der Waals surface area contributed by atoms with E-state index in [1.807, 2.05) is 6.20 Å². The maximum absolute atomic E-state index is 4.60. The Balaban J connectivity index is 1.59. The van der Waals surface area contributed by atoms with E-state index in [2.05, 4.69) is 76.4 Å². The topological polar surface area (TPSA) is 19.4 Å². The first kappa shape index (κ1) is 15.4. The van der Waals surface area contributed by atoms with Crippen LogP contribution < -0.4 is 4.90 Å². The molecule has 0 radical (unpaired) electrons. The molecule has 0 spiro atoms. The fourth-order valence-corrected chi connectivity index (χ4v) is 4.03. The number of aromatic nitrogens is 1. The molecule has 3 heterocycles. The smallest absolute Gasteiger partial charge is 0.0822 e. The van der Waals surface area contributed by atoms with E-state index in [-0.39, 0.29) is 0 Å². The molecule has 0 saturated carbocycles. The Morgan fingerprint density at radius 1 is 0.875 bits per heavy atom. The van der Waals surface area contributed by atoms with Crippen LogP contribution in [0.5, 0.6) is 0 Å². The minimum atomic E-state index is 1.07. The number of hydrogen-bond acceptors (Lipinski definition) is 4. The van der Waals surface area contributed by atoms with Crippen LogP contribution in [0.1, 0.15) is 0 Å². The van der Waals surface area contributed by atoms with E-state index in [9.17, 15) is 0 Å². The molecule has 4 heteroatoms. The Labute approximate surface area is 147 Å². The van der Waals surface area contributed by atoms with Crippen molar-refractivity contribution in [2.45, 2.75) is 0 Å². The number of nitrogens with zero attached hydrogens (tertiary/aromatic N) is 3. The van der Waals surface area contributed by atoms with Gasteiger partial charge in [-0.3, -0.25) is 4.98 Å². The molecule has 3 aromatic rings. The van der Waals surface area contributed by atoms with Gasteiger partial charge in [0.1, 0.15) is 0 Å². The molecule has 4 rings (SSSR count). The van der Waals surface area contributed by atoms with Gasteiger partial charge in [0, 0.05) is 42.9 Å². The second kappa shape index (κ2) is 6.75. The third-order valence-electron chi connectivity index (χ3n) is 4.53. The number of likely N-dealkylation sites (N-methyl/N-ethyl adjacent to an activating group) is 1. The lowest BCUT2D eigenvalue weighted by molar-refractivity contribution is 0.313. The zero-order chi connectivity index (χ0) is 16.4. The van der Waals surface area contributed by atoms with Crippen LogP contribution in [0.15, 0.2) is 60.8 Å². The van der Waals surface area contributed by atoms with Gasteiger partial charge in [-0.05, 0) is 36.9 Å². The molecular formula is C20H21N3S. The van der Waals surface area contributed by atoms with Gasteiger partial charge in [-0.15, -0.1) is 11.3 Å². The van der Waals surface area contributed by atoms with Gasteiger partial charge in [-0.25, -0.2) is 0 Å². The summed E-state index contributed by atoms with van der Waals surface area (Å²) in [6, 6.07) is 19.3. The molecule has 0 unspecified atom stereocenters. The number of piperazine rings is 1. The van der Waals surface area contributed by atoms with Crippen LogP contribution in [-0.2, 0) is 0 Å². The van der Waals surface area contributed by atoms with E-state index in [4.69, 9.17) is 0 Å². The van der Waals surface area contributed by atoms with E-state index in [0.717, 1.165) is 31.9 Å². The van der Waals surface area contributed by atoms with E-state index in [0.29, 0.717) is 0 Å². The monoisotopic (exact) mass is 335 g/mol. The first-order valence-electron chi connectivity index (χ1n) is 8.35. The van der Waals surface area contributed by atoms with Gasteiger partial charge < -0.3 is 9.80 Å². The minimum absolute atomic E-state index is 1.07. The fraction of sp³-hybridized carbons (Fsp3) is 0.250. The van der Waals surface area contributed by atoms with Crippen molar-refractivity contribution in [1.82, 2.24) is 9.88 Å². The highest BCUT2D eigenvalue weighted by atomic mass is 32.1. The van der Waals surface area contributed by atoms with Crippen LogP contribution in [0.3, 0.4) is 0 Å². The summed E-state index contributed by atoms with van der Waals surface area (Å²) in [5.74, 6) is 0. The van der Waals surface area contributed by atoms with Crippen LogP contribution in [-0.4, -0.2) is 43.1 Å². The number of hydrogen-bond donors (Lipinski definition) is 0. The summed E-state index contributed by atoms with van der Waals surface area (Å²) in [6.45, 7) is 4.41. The van der Waals surface area contributed by atoms with Gasteiger partial charge in [-0.2, -0.15) is 0 Å². The average Bonchev–Trinajstić information content (AvgIpc) is 3.13. The van der Waals surface area contributed by atoms with Gasteiger partial charge in [0.05, 0.1) is 10.6 Å². The van der Waals surface area contributed by atoms with E-state index < -0.39 is 0 Å². The zero-order valence-corrected chi connectivity index (χ0v) is 14.7. The van der Waals surface area contributed by atoms with Crippen LogP contribution in [0.4, 0.5) is 5.69 Å². The Morgan fingerprint density at radius 2 is 1.62 bits per heavy atom. The molecular weight excluding hydrogens is 314 g/mol. The lowest BCUT2D eigenvalue weighted by Crippen LogP contribution is -2.44. The highest BCUT2D eigenvalue weighted by Crippen LogP contribution is 2.34. The third-order valence-corrected chi connectivity index (χ3v) is 5.69. The molecule has 0 bridgehead atoms. The van der Waals surface area contributed by atoms with Crippen LogP contribution in [0.2, 0.25) is 0 Å². The van der Waals surface area contributed by atoms with Crippen molar-refractivity contribution in [1.29, 1.82) is 0 Å². The van der Waals surface area contributed by atoms with Gasteiger partial charge in [0.25, 0.3) is 0 Å². The SMILES string of the molecule is CN1CCN(c2ccnc(-c3ccc(-c4ccccc4)s3)c2)CC1. The molecule has 2 aromatic heterocycles. The average molecular weight is 335 g/mol. The molecule has 24 heavy (non-hydrogen) atoms. The molecule has 1 saturated heterocycles. The fourth-order valence-electron chi connectivity index (χ4n) is 3.05. The highest BCUT2D eigenvalue weighted by Gasteiger charge is 2.15. The molecule has 1 aromatic carbocycles.